The minimum atomic E-state index is -0.994. The summed E-state index contributed by atoms with van der Waals surface area (Å²) in [6.45, 7) is 6.60. The van der Waals surface area contributed by atoms with E-state index < -0.39 is 5.97 Å². The number of amides is 2. The monoisotopic (exact) mass is 278 g/mol. The van der Waals surface area contributed by atoms with Crippen LogP contribution in [0.3, 0.4) is 0 Å². The van der Waals surface area contributed by atoms with Crippen LogP contribution in [0, 0.1) is 12.8 Å². The lowest BCUT2D eigenvalue weighted by molar-refractivity contribution is 0.0696. The quantitative estimate of drug-likeness (QED) is 0.869. The van der Waals surface area contributed by atoms with E-state index in [1.807, 2.05) is 0 Å². The molecule has 0 radical (unpaired) electrons. The maximum Gasteiger partial charge on any atom is 0.336 e. The minimum Gasteiger partial charge on any atom is -0.478 e. The number of nitrogens with zero attached hydrogens (tertiary/aromatic N) is 1. The number of anilines is 1. The molecule has 5 nitrogen and oxygen atoms in total. The van der Waals surface area contributed by atoms with Crippen molar-refractivity contribution in [3.05, 3.63) is 29.3 Å². The number of urea groups is 1. The van der Waals surface area contributed by atoms with Crippen LogP contribution < -0.4 is 5.32 Å². The molecule has 2 N–H and O–H groups in total. The minimum absolute atomic E-state index is 0.202. The summed E-state index contributed by atoms with van der Waals surface area (Å²) < 4.78 is 0. The molecule has 0 aromatic heterocycles. The van der Waals surface area contributed by atoms with Crippen molar-refractivity contribution in [1.82, 2.24) is 4.90 Å². The number of hydrogen-bond donors (Lipinski definition) is 2. The fourth-order valence-corrected chi connectivity index (χ4v) is 1.70. The zero-order valence-corrected chi connectivity index (χ0v) is 12.4. The van der Waals surface area contributed by atoms with Crippen molar-refractivity contribution < 1.29 is 14.7 Å². The van der Waals surface area contributed by atoms with E-state index in [2.05, 4.69) is 19.2 Å². The number of hydrogen-bond acceptors (Lipinski definition) is 2. The molecule has 5 heteroatoms. The first-order valence-electron chi connectivity index (χ1n) is 6.67. The van der Waals surface area contributed by atoms with E-state index in [1.54, 1.807) is 31.0 Å². The van der Waals surface area contributed by atoms with Gasteiger partial charge in [-0.3, -0.25) is 0 Å². The number of aryl methyl sites for hydroxylation is 1. The smallest absolute Gasteiger partial charge is 0.336 e. The molecule has 0 atom stereocenters. The molecular formula is C15H22N2O3. The number of benzene rings is 1. The first-order valence-corrected chi connectivity index (χ1v) is 6.67. The molecule has 20 heavy (non-hydrogen) atoms. The van der Waals surface area contributed by atoms with Gasteiger partial charge >= 0.3 is 12.0 Å². The van der Waals surface area contributed by atoms with E-state index in [0.29, 0.717) is 23.7 Å². The standard InChI is InChI=1S/C15H22N2O3/c1-10(2)7-8-17(4)15(20)16-12-6-5-11(3)13(9-12)14(18)19/h5-6,9-10H,7-8H2,1-4H3,(H,16,20)(H,18,19). The summed E-state index contributed by atoms with van der Waals surface area (Å²) in [5, 5.41) is 11.8. The van der Waals surface area contributed by atoms with Gasteiger partial charge in [0.1, 0.15) is 0 Å². The molecule has 0 aliphatic carbocycles. The Kier molecular flexibility index (Phi) is 5.55. The van der Waals surface area contributed by atoms with Crippen LogP contribution in [0.25, 0.3) is 0 Å². The van der Waals surface area contributed by atoms with Crippen LogP contribution in [0.1, 0.15) is 36.2 Å². The van der Waals surface area contributed by atoms with Gasteiger partial charge in [-0.25, -0.2) is 9.59 Å². The average Bonchev–Trinajstić information content (AvgIpc) is 2.37. The van der Waals surface area contributed by atoms with E-state index in [9.17, 15) is 9.59 Å². The van der Waals surface area contributed by atoms with E-state index in [0.717, 1.165) is 6.42 Å². The number of carboxylic acid groups (broad SMARTS) is 1. The third-order valence-corrected chi connectivity index (χ3v) is 3.11. The predicted octanol–water partition coefficient (Wildman–Crippen LogP) is 3.20. The highest BCUT2D eigenvalue weighted by Crippen LogP contribution is 2.16. The molecule has 0 saturated carbocycles. The van der Waals surface area contributed by atoms with Crippen LogP contribution >= 0.6 is 0 Å². The molecule has 1 rings (SSSR count). The molecule has 0 fully saturated rings. The Bertz CT molecular complexity index is 498. The van der Waals surface area contributed by atoms with Gasteiger partial charge in [-0.15, -0.1) is 0 Å². The Morgan fingerprint density at radius 1 is 1.35 bits per heavy atom. The Hall–Kier alpha value is -2.04. The van der Waals surface area contributed by atoms with Crippen LogP contribution in [0.4, 0.5) is 10.5 Å². The van der Waals surface area contributed by atoms with Crippen molar-refractivity contribution in [3.63, 3.8) is 0 Å². The third kappa shape index (κ3) is 4.57. The lowest BCUT2D eigenvalue weighted by Crippen LogP contribution is -2.32. The van der Waals surface area contributed by atoms with Gasteiger partial charge in [0.2, 0.25) is 0 Å². The van der Waals surface area contributed by atoms with Gasteiger partial charge in [0.15, 0.2) is 0 Å². The summed E-state index contributed by atoms with van der Waals surface area (Å²) in [4.78, 5) is 24.6. The topological polar surface area (TPSA) is 69.6 Å². The summed E-state index contributed by atoms with van der Waals surface area (Å²) in [5.74, 6) is -0.463. The maximum atomic E-state index is 12.0. The zero-order chi connectivity index (χ0) is 15.3. The SMILES string of the molecule is Cc1ccc(NC(=O)N(C)CCC(C)C)cc1C(=O)O. The van der Waals surface area contributed by atoms with Crippen LogP contribution in [0.15, 0.2) is 18.2 Å². The summed E-state index contributed by atoms with van der Waals surface area (Å²) in [6, 6.07) is 4.64. The number of carbonyl (C=O) groups excluding carboxylic acids is 1. The molecule has 110 valence electrons. The molecule has 0 spiro atoms. The van der Waals surface area contributed by atoms with Gasteiger partial charge in [0.05, 0.1) is 5.56 Å². The van der Waals surface area contributed by atoms with Gasteiger partial charge in [0.25, 0.3) is 0 Å². The fraction of sp³-hybridized carbons (Fsp3) is 0.467. The molecule has 2 amide bonds. The number of rotatable bonds is 5. The number of carboxylic acids is 1. The number of carbonyl (C=O) groups is 2. The normalized spacial score (nSPS) is 10.4. The van der Waals surface area contributed by atoms with E-state index in [1.165, 1.54) is 6.07 Å². The second-order valence-corrected chi connectivity index (χ2v) is 5.37. The first kappa shape index (κ1) is 16.0. The van der Waals surface area contributed by atoms with Crippen LogP contribution in [-0.4, -0.2) is 35.6 Å². The molecule has 0 aliphatic heterocycles. The van der Waals surface area contributed by atoms with Gasteiger partial charge in [-0.1, -0.05) is 19.9 Å². The Labute approximate surface area is 119 Å². The van der Waals surface area contributed by atoms with Crippen molar-refractivity contribution >= 4 is 17.7 Å². The van der Waals surface area contributed by atoms with Gasteiger partial charge < -0.3 is 15.3 Å². The highest BCUT2D eigenvalue weighted by atomic mass is 16.4. The summed E-state index contributed by atoms with van der Waals surface area (Å²) in [7, 11) is 1.73. The highest BCUT2D eigenvalue weighted by molar-refractivity contribution is 5.94. The van der Waals surface area contributed by atoms with E-state index >= 15 is 0 Å². The van der Waals surface area contributed by atoms with Crippen LogP contribution in [-0.2, 0) is 0 Å². The van der Waals surface area contributed by atoms with Crippen molar-refractivity contribution in [2.45, 2.75) is 27.2 Å². The Balaban J connectivity index is 2.71. The van der Waals surface area contributed by atoms with Crippen molar-refractivity contribution in [2.24, 2.45) is 5.92 Å². The fourth-order valence-electron chi connectivity index (χ4n) is 1.70. The van der Waals surface area contributed by atoms with Crippen LogP contribution in [0.5, 0.6) is 0 Å². The van der Waals surface area contributed by atoms with E-state index in [4.69, 9.17) is 5.11 Å². The molecule has 1 aromatic rings. The van der Waals surface area contributed by atoms with Gasteiger partial charge in [-0.05, 0) is 37.0 Å². The highest BCUT2D eigenvalue weighted by Gasteiger charge is 2.12. The second-order valence-electron chi connectivity index (χ2n) is 5.37. The summed E-state index contributed by atoms with van der Waals surface area (Å²) in [6.07, 6.45) is 0.929. The third-order valence-electron chi connectivity index (χ3n) is 3.11. The van der Waals surface area contributed by atoms with Gasteiger partial charge in [0, 0.05) is 19.3 Å². The molecular weight excluding hydrogens is 256 g/mol. The van der Waals surface area contributed by atoms with E-state index in [-0.39, 0.29) is 11.6 Å². The largest absolute Gasteiger partial charge is 0.478 e. The number of nitrogens with one attached hydrogen (secondary N) is 1. The van der Waals surface area contributed by atoms with Crippen molar-refractivity contribution in [1.29, 1.82) is 0 Å². The first-order chi connectivity index (χ1) is 9.31. The lowest BCUT2D eigenvalue weighted by Gasteiger charge is -2.19. The van der Waals surface area contributed by atoms with Gasteiger partial charge in [-0.2, -0.15) is 0 Å². The summed E-state index contributed by atoms with van der Waals surface area (Å²) in [5.41, 5.74) is 1.37. The van der Waals surface area contributed by atoms with Crippen molar-refractivity contribution in [3.8, 4) is 0 Å². The Morgan fingerprint density at radius 2 is 2.00 bits per heavy atom. The number of aromatic carboxylic acids is 1. The zero-order valence-electron chi connectivity index (χ0n) is 12.4. The Morgan fingerprint density at radius 3 is 2.55 bits per heavy atom. The van der Waals surface area contributed by atoms with Crippen LogP contribution in [0.2, 0.25) is 0 Å². The second kappa shape index (κ2) is 6.93. The predicted molar refractivity (Wildman–Crippen MR) is 79.2 cm³/mol. The molecule has 0 unspecified atom stereocenters. The summed E-state index contributed by atoms with van der Waals surface area (Å²) >= 11 is 0. The molecule has 0 heterocycles. The average molecular weight is 278 g/mol. The molecule has 0 saturated heterocycles. The lowest BCUT2D eigenvalue weighted by atomic mass is 10.1. The van der Waals surface area contributed by atoms with Crippen molar-refractivity contribution in [2.75, 3.05) is 18.9 Å². The molecule has 1 aromatic carbocycles. The molecule has 0 aliphatic rings. The molecule has 0 bridgehead atoms. The maximum absolute atomic E-state index is 12.0.